The topological polar surface area (TPSA) is 29.3 Å². The number of nitrogens with zero attached hydrogens (tertiary/aromatic N) is 1. The van der Waals surface area contributed by atoms with Crippen molar-refractivity contribution in [2.24, 2.45) is 5.73 Å². The molecule has 2 aromatic rings. The van der Waals surface area contributed by atoms with Gasteiger partial charge in [-0.25, -0.2) is 4.39 Å². The fraction of sp³-hybridized carbons (Fsp3) is 0.250. The van der Waals surface area contributed by atoms with Gasteiger partial charge in [-0.3, -0.25) is 0 Å². The lowest BCUT2D eigenvalue weighted by Crippen LogP contribution is -2.29. The summed E-state index contributed by atoms with van der Waals surface area (Å²) in [7, 11) is 1.89. The summed E-state index contributed by atoms with van der Waals surface area (Å²) in [6.45, 7) is 1.24. The smallest absolute Gasteiger partial charge is 0.146 e. The maximum absolute atomic E-state index is 13.7. The van der Waals surface area contributed by atoms with E-state index in [9.17, 15) is 4.39 Å². The van der Waals surface area contributed by atoms with Crippen molar-refractivity contribution in [1.82, 2.24) is 0 Å². The second-order valence-corrected chi connectivity index (χ2v) is 4.68. The quantitative estimate of drug-likeness (QED) is 0.893. The van der Waals surface area contributed by atoms with Gasteiger partial charge in [0.25, 0.3) is 0 Å². The molecule has 0 spiro atoms. The second-order valence-electron chi connectivity index (χ2n) is 4.68. The molecule has 100 valence electrons. The molecule has 1 atom stereocenters. The number of hydrogen-bond donors (Lipinski definition) is 1. The Morgan fingerprint density at radius 3 is 2.32 bits per heavy atom. The Kier molecular flexibility index (Phi) is 4.53. The van der Waals surface area contributed by atoms with Crippen molar-refractivity contribution in [2.75, 3.05) is 25.0 Å². The molecule has 0 bridgehead atoms. The third-order valence-corrected chi connectivity index (χ3v) is 3.31. The van der Waals surface area contributed by atoms with E-state index in [2.05, 4.69) is 12.1 Å². The molecule has 2 rings (SSSR count). The van der Waals surface area contributed by atoms with Crippen LogP contribution >= 0.6 is 0 Å². The average Bonchev–Trinajstić information content (AvgIpc) is 2.46. The van der Waals surface area contributed by atoms with Crippen LogP contribution in [0.5, 0.6) is 0 Å². The van der Waals surface area contributed by atoms with Gasteiger partial charge >= 0.3 is 0 Å². The first kappa shape index (κ1) is 13.6. The molecule has 0 saturated heterocycles. The third-order valence-electron chi connectivity index (χ3n) is 3.31. The zero-order valence-corrected chi connectivity index (χ0v) is 11.1. The lowest BCUT2D eigenvalue weighted by molar-refractivity contribution is 0.612. The molecule has 0 radical (unpaired) electrons. The van der Waals surface area contributed by atoms with Crippen molar-refractivity contribution in [3.63, 3.8) is 0 Å². The van der Waals surface area contributed by atoms with Crippen LogP contribution in [0.3, 0.4) is 0 Å². The van der Waals surface area contributed by atoms with Crippen molar-refractivity contribution in [3.05, 3.63) is 66.0 Å². The molecule has 0 aliphatic heterocycles. The molecule has 0 aromatic heterocycles. The number of rotatable bonds is 5. The summed E-state index contributed by atoms with van der Waals surface area (Å²) in [4.78, 5) is 1.92. The molecule has 2 N–H and O–H groups in total. The molecule has 0 aliphatic carbocycles. The fourth-order valence-corrected chi connectivity index (χ4v) is 2.23. The predicted molar refractivity (Wildman–Crippen MR) is 77.9 cm³/mol. The molecule has 2 aromatic carbocycles. The van der Waals surface area contributed by atoms with Gasteiger partial charge < -0.3 is 10.6 Å². The highest BCUT2D eigenvalue weighted by molar-refractivity contribution is 5.47. The van der Waals surface area contributed by atoms with Crippen LogP contribution in [0.25, 0.3) is 0 Å². The molecule has 0 aliphatic rings. The summed E-state index contributed by atoms with van der Waals surface area (Å²) in [6.07, 6.45) is 0. The third kappa shape index (κ3) is 3.32. The number of hydrogen-bond acceptors (Lipinski definition) is 2. The first-order valence-electron chi connectivity index (χ1n) is 6.43. The average molecular weight is 258 g/mol. The zero-order valence-electron chi connectivity index (χ0n) is 11.1. The van der Waals surface area contributed by atoms with Crippen LogP contribution in [0.4, 0.5) is 10.1 Å². The van der Waals surface area contributed by atoms with E-state index >= 15 is 0 Å². The molecule has 2 nitrogen and oxygen atoms in total. The van der Waals surface area contributed by atoms with Gasteiger partial charge in [0.05, 0.1) is 5.69 Å². The Bertz CT molecular complexity index is 513. The van der Waals surface area contributed by atoms with E-state index in [0.29, 0.717) is 18.8 Å². The SMILES string of the molecule is CN(CC(CN)c1ccccc1)c1ccccc1F. The summed E-state index contributed by atoms with van der Waals surface area (Å²) in [5.74, 6) is -0.000334. The minimum atomic E-state index is -0.200. The highest BCUT2D eigenvalue weighted by Gasteiger charge is 2.14. The normalized spacial score (nSPS) is 12.2. The molecule has 0 saturated carbocycles. The largest absolute Gasteiger partial charge is 0.372 e. The van der Waals surface area contributed by atoms with Crippen LogP contribution in [-0.4, -0.2) is 20.1 Å². The highest BCUT2D eigenvalue weighted by Crippen LogP contribution is 2.21. The Hall–Kier alpha value is -1.87. The van der Waals surface area contributed by atoms with Crippen LogP contribution in [0.1, 0.15) is 11.5 Å². The molecular weight excluding hydrogens is 239 g/mol. The van der Waals surface area contributed by atoms with Gasteiger partial charge in [-0.05, 0) is 17.7 Å². The van der Waals surface area contributed by atoms with Gasteiger partial charge in [-0.15, -0.1) is 0 Å². The Morgan fingerprint density at radius 2 is 1.68 bits per heavy atom. The van der Waals surface area contributed by atoms with Crippen LogP contribution < -0.4 is 10.6 Å². The van der Waals surface area contributed by atoms with Crippen LogP contribution in [0, 0.1) is 5.82 Å². The maximum Gasteiger partial charge on any atom is 0.146 e. The first-order valence-corrected chi connectivity index (χ1v) is 6.43. The van der Waals surface area contributed by atoms with E-state index in [4.69, 9.17) is 5.73 Å². The summed E-state index contributed by atoms with van der Waals surface area (Å²) in [5.41, 5.74) is 7.65. The van der Waals surface area contributed by atoms with E-state index in [1.165, 1.54) is 11.6 Å². The van der Waals surface area contributed by atoms with Crippen LogP contribution in [0.2, 0.25) is 0 Å². The number of benzene rings is 2. The predicted octanol–water partition coefficient (Wildman–Crippen LogP) is 3.00. The molecule has 19 heavy (non-hydrogen) atoms. The Labute approximate surface area is 113 Å². The van der Waals surface area contributed by atoms with Crippen molar-refractivity contribution < 1.29 is 4.39 Å². The van der Waals surface area contributed by atoms with Crippen molar-refractivity contribution in [3.8, 4) is 0 Å². The molecular formula is C16H19FN2. The van der Waals surface area contributed by atoms with Crippen molar-refractivity contribution in [2.45, 2.75) is 5.92 Å². The standard InChI is InChI=1S/C16H19FN2/c1-19(16-10-6-5-9-15(16)17)12-14(11-18)13-7-3-2-4-8-13/h2-10,14H,11-12,18H2,1H3. The molecule has 1 unspecified atom stereocenters. The van der Waals surface area contributed by atoms with Crippen molar-refractivity contribution >= 4 is 5.69 Å². The van der Waals surface area contributed by atoms with E-state index < -0.39 is 0 Å². The highest BCUT2D eigenvalue weighted by atomic mass is 19.1. The van der Waals surface area contributed by atoms with Gasteiger partial charge in [0.2, 0.25) is 0 Å². The fourth-order valence-electron chi connectivity index (χ4n) is 2.23. The summed E-state index contributed by atoms with van der Waals surface area (Å²) in [6, 6.07) is 16.9. The number of nitrogens with two attached hydrogens (primary N) is 1. The summed E-state index contributed by atoms with van der Waals surface area (Å²) >= 11 is 0. The minimum absolute atomic E-state index is 0.200. The Balaban J connectivity index is 2.13. The zero-order chi connectivity index (χ0) is 13.7. The first-order chi connectivity index (χ1) is 9.22. The van der Waals surface area contributed by atoms with Gasteiger partial charge in [-0.1, -0.05) is 42.5 Å². The van der Waals surface area contributed by atoms with Crippen LogP contribution in [0.15, 0.2) is 54.6 Å². The van der Waals surface area contributed by atoms with E-state index in [1.54, 1.807) is 12.1 Å². The molecule has 0 fully saturated rings. The molecule has 0 amide bonds. The van der Waals surface area contributed by atoms with Gasteiger partial charge in [0.15, 0.2) is 0 Å². The van der Waals surface area contributed by atoms with E-state index in [1.807, 2.05) is 36.2 Å². The lowest BCUT2D eigenvalue weighted by atomic mass is 9.98. The number of halogens is 1. The number of anilines is 1. The number of para-hydroxylation sites is 1. The molecule has 0 heterocycles. The maximum atomic E-state index is 13.7. The van der Waals surface area contributed by atoms with E-state index in [0.717, 1.165) is 0 Å². The minimum Gasteiger partial charge on any atom is -0.372 e. The lowest BCUT2D eigenvalue weighted by Gasteiger charge is -2.25. The Morgan fingerprint density at radius 1 is 1.05 bits per heavy atom. The summed E-state index contributed by atoms with van der Waals surface area (Å²) in [5, 5.41) is 0. The van der Waals surface area contributed by atoms with Crippen LogP contribution in [-0.2, 0) is 0 Å². The summed E-state index contributed by atoms with van der Waals surface area (Å²) < 4.78 is 13.7. The number of likely N-dealkylation sites (N-methyl/N-ethyl adjacent to an activating group) is 1. The van der Waals surface area contributed by atoms with Crippen molar-refractivity contribution in [1.29, 1.82) is 0 Å². The molecule has 3 heteroatoms. The monoisotopic (exact) mass is 258 g/mol. The van der Waals surface area contributed by atoms with Gasteiger partial charge in [0, 0.05) is 26.1 Å². The van der Waals surface area contributed by atoms with Gasteiger partial charge in [0.1, 0.15) is 5.82 Å². The van der Waals surface area contributed by atoms with Gasteiger partial charge in [-0.2, -0.15) is 0 Å². The van der Waals surface area contributed by atoms with E-state index in [-0.39, 0.29) is 11.7 Å². The second kappa shape index (κ2) is 6.34.